The Labute approximate surface area is 153 Å². The molecule has 0 atom stereocenters. The molecule has 0 amide bonds. The molecule has 1 aromatic carbocycles. The van der Waals surface area contributed by atoms with E-state index >= 15 is 0 Å². The lowest BCUT2D eigenvalue weighted by molar-refractivity contribution is 0.166. The van der Waals surface area contributed by atoms with Gasteiger partial charge in [-0.2, -0.15) is 9.61 Å². The molecule has 2 aromatic heterocycles. The molecule has 6 nitrogen and oxygen atoms in total. The van der Waals surface area contributed by atoms with E-state index in [1.165, 1.54) is 11.1 Å². The van der Waals surface area contributed by atoms with Crippen LogP contribution in [0.5, 0.6) is 5.75 Å². The molecule has 0 radical (unpaired) electrons. The van der Waals surface area contributed by atoms with E-state index in [9.17, 15) is 0 Å². The zero-order valence-electron chi connectivity index (χ0n) is 15.4. The van der Waals surface area contributed by atoms with Gasteiger partial charge in [-0.1, -0.05) is 24.6 Å². The van der Waals surface area contributed by atoms with E-state index in [4.69, 9.17) is 4.74 Å². The molecule has 1 N–H and O–H groups in total. The van der Waals surface area contributed by atoms with Crippen LogP contribution in [0.25, 0.3) is 5.65 Å². The molecule has 26 heavy (non-hydrogen) atoms. The van der Waals surface area contributed by atoms with Gasteiger partial charge in [0.1, 0.15) is 17.7 Å². The summed E-state index contributed by atoms with van der Waals surface area (Å²) >= 11 is 0. The Kier molecular flexibility index (Phi) is 4.75. The molecule has 1 aliphatic rings. The lowest BCUT2D eigenvalue weighted by Gasteiger charge is -2.41. The van der Waals surface area contributed by atoms with E-state index in [1.807, 2.05) is 28.9 Å². The second-order valence-electron chi connectivity index (χ2n) is 6.77. The van der Waals surface area contributed by atoms with Gasteiger partial charge in [0.15, 0.2) is 5.65 Å². The maximum absolute atomic E-state index is 6.09. The van der Waals surface area contributed by atoms with Crippen molar-refractivity contribution in [3.05, 3.63) is 53.9 Å². The number of aryl methyl sites for hydroxylation is 1. The van der Waals surface area contributed by atoms with Crippen LogP contribution in [0, 0.1) is 6.92 Å². The van der Waals surface area contributed by atoms with Crippen LogP contribution in [0.4, 0.5) is 5.82 Å². The maximum Gasteiger partial charge on any atom is 0.157 e. The number of anilines is 1. The average molecular weight is 351 g/mol. The number of aromatic nitrogens is 3. The van der Waals surface area contributed by atoms with Crippen molar-refractivity contribution in [2.45, 2.75) is 26.4 Å². The van der Waals surface area contributed by atoms with Crippen molar-refractivity contribution in [1.82, 2.24) is 19.9 Å². The van der Waals surface area contributed by atoms with Gasteiger partial charge in [0.05, 0.1) is 19.3 Å². The Hall–Kier alpha value is -2.60. The molecular weight excluding hydrogens is 326 g/mol. The first-order valence-electron chi connectivity index (χ1n) is 9.25. The van der Waals surface area contributed by atoms with Gasteiger partial charge in [-0.15, -0.1) is 0 Å². The standard InChI is InChI=1S/C20H25N5O/c1-3-21-10-8-16-12-22-19-9-11-23-25(19)20(16)24-13-18(14-24)26-17-6-4-15(2)5-7-17/h4-7,9,11-12,18,21H,3,8,10,13-14H2,1-2H3. The molecule has 136 valence electrons. The van der Waals surface area contributed by atoms with Crippen LogP contribution in [0.2, 0.25) is 0 Å². The number of fused-ring (bicyclic) bond motifs is 1. The molecule has 0 unspecified atom stereocenters. The first-order chi connectivity index (χ1) is 12.7. The zero-order valence-corrected chi connectivity index (χ0v) is 15.4. The third-order valence-corrected chi connectivity index (χ3v) is 4.76. The molecule has 0 aliphatic carbocycles. The summed E-state index contributed by atoms with van der Waals surface area (Å²) in [6.45, 7) is 7.85. The van der Waals surface area contributed by atoms with Gasteiger partial charge in [0.25, 0.3) is 0 Å². The van der Waals surface area contributed by atoms with Gasteiger partial charge in [0.2, 0.25) is 0 Å². The SMILES string of the molecule is CCNCCc1cnc2ccnn2c1N1CC(Oc2ccc(C)cc2)C1. The first kappa shape index (κ1) is 16.8. The van der Waals surface area contributed by atoms with Gasteiger partial charge >= 0.3 is 0 Å². The van der Waals surface area contributed by atoms with E-state index in [0.717, 1.165) is 49.8 Å². The zero-order chi connectivity index (χ0) is 17.9. The predicted molar refractivity (Wildman–Crippen MR) is 103 cm³/mol. The number of ether oxygens (including phenoxy) is 1. The largest absolute Gasteiger partial charge is 0.487 e. The third-order valence-electron chi connectivity index (χ3n) is 4.76. The van der Waals surface area contributed by atoms with Crippen molar-refractivity contribution in [2.24, 2.45) is 0 Å². The molecule has 6 heteroatoms. The Morgan fingerprint density at radius 1 is 1.19 bits per heavy atom. The van der Waals surface area contributed by atoms with Gasteiger partial charge < -0.3 is 15.0 Å². The number of nitrogens with one attached hydrogen (secondary N) is 1. The molecule has 0 saturated carbocycles. The van der Waals surface area contributed by atoms with Crippen LogP contribution >= 0.6 is 0 Å². The second kappa shape index (κ2) is 7.33. The van der Waals surface area contributed by atoms with Gasteiger partial charge in [-0.3, -0.25) is 0 Å². The maximum atomic E-state index is 6.09. The minimum Gasteiger partial charge on any atom is -0.487 e. The van der Waals surface area contributed by atoms with Crippen LogP contribution in [-0.4, -0.2) is 46.9 Å². The summed E-state index contributed by atoms with van der Waals surface area (Å²) < 4.78 is 8.04. The lowest BCUT2D eigenvalue weighted by atomic mass is 10.1. The molecule has 1 fully saturated rings. The summed E-state index contributed by atoms with van der Waals surface area (Å²) in [6, 6.07) is 10.2. The van der Waals surface area contributed by atoms with E-state index in [1.54, 1.807) is 6.20 Å². The van der Waals surface area contributed by atoms with Gasteiger partial charge in [0, 0.05) is 17.8 Å². The summed E-state index contributed by atoms with van der Waals surface area (Å²) in [6.07, 6.45) is 4.93. The van der Waals surface area contributed by atoms with Crippen molar-refractivity contribution in [3.8, 4) is 5.75 Å². The molecule has 3 aromatic rings. The third kappa shape index (κ3) is 3.37. The summed E-state index contributed by atoms with van der Waals surface area (Å²) in [4.78, 5) is 6.87. The van der Waals surface area contributed by atoms with Crippen LogP contribution in [0.3, 0.4) is 0 Å². The summed E-state index contributed by atoms with van der Waals surface area (Å²) in [7, 11) is 0. The fraction of sp³-hybridized carbons (Fsp3) is 0.400. The van der Waals surface area contributed by atoms with Crippen LogP contribution in [-0.2, 0) is 6.42 Å². The highest BCUT2D eigenvalue weighted by molar-refractivity contribution is 5.56. The number of benzene rings is 1. The summed E-state index contributed by atoms with van der Waals surface area (Å²) in [5.41, 5.74) is 3.35. The number of likely N-dealkylation sites (N-methyl/N-ethyl adjacent to an activating group) is 1. The van der Waals surface area contributed by atoms with Crippen LogP contribution in [0.1, 0.15) is 18.1 Å². The van der Waals surface area contributed by atoms with Crippen LogP contribution < -0.4 is 15.0 Å². The number of nitrogens with zero attached hydrogens (tertiary/aromatic N) is 4. The highest BCUT2D eigenvalue weighted by Gasteiger charge is 2.32. The van der Waals surface area contributed by atoms with E-state index in [2.05, 4.69) is 46.3 Å². The predicted octanol–water partition coefficient (Wildman–Crippen LogP) is 2.46. The van der Waals surface area contributed by atoms with E-state index < -0.39 is 0 Å². The van der Waals surface area contributed by atoms with Crippen molar-refractivity contribution < 1.29 is 4.74 Å². The van der Waals surface area contributed by atoms with Crippen LogP contribution in [0.15, 0.2) is 42.7 Å². The molecule has 1 saturated heterocycles. The van der Waals surface area contributed by atoms with Crippen molar-refractivity contribution >= 4 is 11.5 Å². The molecular formula is C20H25N5O. The molecule has 0 spiro atoms. The minimum atomic E-state index is 0.207. The quantitative estimate of drug-likeness (QED) is 0.663. The monoisotopic (exact) mass is 351 g/mol. The summed E-state index contributed by atoms with van der Waals surface area (Å²) in [5.74, 6) is 2.08. The number of hydrogen-bond donors (Lipinski definition) is 1. The lowest BCUT2D eigenvalue weighted by Crippen LogP contribution is -2.55. The Bertz CT molecular complexity index is 868. The minimum absolute atomic E-state index is 0.207. The van der Waals surface area contributed by atoms with Gasteiger partial charge in [-0.25, -0.2) is 4.98 Å². The molecule has 4 rings (SSSR count). The molecule has 3 heterocycles. The topological polar surface area (TPSA) is 54.7 Å². The highest BCUT2D eigenvalue weighted by atomic mass is 16.5. The second-order valence-corrected chi connectivity index (χ2v) is 6.77. The average Bonchev–Trinajstić information content (AvgIpc) is 3.09. The fourth-order valence-corrected chi connectivity index (χ4v) is 3.30. The molecule has 1 aliphatic heterocycles. The van der Waals surface area contributed by atoms with Gasteiger partial charge in [-0.05, 0) is 38.6 Å². The Morgan fingerprint density at radius 3 is 2.77 bits per heavy atom. The van der Waals surface area contributed by atoms with E-state index in [-0.39, 0.29) is 6.10 Å². The first-order valence-corrected chi connectivity index (χ1v) is 9.25. The fourth-order valence-electron chi connectivity index (χ4n) is 3.30. The normalized spacial score (nSPS) is 14.6. The highest BCUT2D eigenvalue weighted by Crippen LogP contribution is 2.28. The van der Waals surface area contributed by atoms with Crippen molar-refractivity contribution in [2.75, 3.05) is 31.1 Å². The van der Waals surface area contributed by atoms with Crippen molar-refractivity contribution in [1.29, 1.82) is 0 Å². The number of hydrogen-bond acceptors (Lipinski definition) is 5. The Balaban J connectivity index is 1.48. The number of rotatable bonds is 7. The van der Waals surface area contributed by atoms with E-state index in [0.29, 0.717) is 0 Å². The molecule has 0 bridgehead atoms. The smallest absolute Gasteiger partial charge is 0.157 e. The summed E-state index contributed by atoms with van der Waals surface area (Å²) in [5, 5.41) is 7.87. The van der Waals surface area contributed by atoms with Crippen molar-refractivity contribution in [3.63, 3.8) is 0 Å². The Morgan fingerprint density at radius 2 is 2.00 bits per heavy atom.